The molecule has 8 nitrogen and oxygen atoms in total. The van der Waals surface area contributed by atoms with Gasteiger partial charge in [0.05, 0.1) is 36.5 Å². The molecule has 3 aromatic carbocycles. The molecule has 0 saturated carbocycles. The van der Waals surface area contributed by atoms with Crippen LogP contribution in [-0.2, 0) is 6.54 Å². The molecular formula is C28H24N4O4. The van der Waals surface area contributed by atoms with Crippen LogP contribution in [0.1, 0.15) is 17.3 Å². The number of aromatic nitrogens is 2. The number of ether oxygens (including phenoxy) is 2. The zero-order valence-corrected chi connectivity index (χ0v) is 20.1. The monoisotopic (exact) mass is 480 g/mol. The first-order valence-corrected chi connectivity index (χ1v) is 11.4. The largest absolute Gasteiger partial charge is 0.497 e. The van der Waals surface area contributed by atoms with E-state index < -0.39 is 5.91 Å². The van der Waals surface area contributed by atoms with E-state index in [1.54, 1.807) is 43.1 Å². The number of azo groups is 1. The molecule has 1 amide bonds. The molecule has 5 rings (SSSR count). The number of aromatic hydroxyl groups is 1. The normalized spacial score (nSPS) is 11.4. The Morgan fingerprint density at radius 2 is 1.64 bits per heavy atom. The molecule has 1 N–H and O–H groups in total. The quantitative estimate of drug-likeness (QED) is 0.279. The van der Waals surface area contributed by atoms with E-state index in [1.807, 2.05) is 55.5 Å². The smallest absolute Gasteiger partial charge is 0.296 e. The highest BCUT2D eigenvalue weighted by Crippen LogP contribution is 2.40. The molecule has 0 aliphatic carbocycles. The van der Waals surface area contributed by atoms with Crippen LogP contribution in [0.3, 0.4) is 0 Å². The molecule has 0 unspecified atom stereocenters. The number of benzene rings is 3. The van der Waals surface area contributed by atoms with Crippen molar-refractivity contribution in [3.63, 3.8) is 0 Å². The summed E-state index contributed by atoms with van der Waals surface area (Å²) in [6, 6.07) is 22.1. The fourth-order valence-corrected chi connectivity index (χ4v) is 4.26. The number of rotatable bonds is 6. The number of carbonyl (C=O) groups excluding carboxylic acids is 1. The maximum atomic E-state index is 13.4. The predicted octanol–water partition coefficient (Wildman–Crippen LogP) is 6.52. The SMILES string of the molecule is CCn1c(O)c(N=NC(=O)c2cc(-c3ccccc3)nc3ccc(OC)cc23)c2cc(OC)ccc21. The highest BCUT2D eigenvalue weighted by molar-refractivity contribution is 6.08. The van der Waals surface area contributed by atoms with Crippen LogP contribution in [0.4, 0.5) is 5.69 Å². The highest BCUT2D eigenvalue weighted by Gasteiger charge is 2.19. The topological polar surface area (TPSA) is 98.3 Å². The number of amides is 1. The van der Waals surface area contributed by atoms with Gasteiger partial charge in [0, 0.05) is 22.9 Å². The van der Waals surface area contributed by atoms with Gasteiger partial charge in [0.15, 0.2) is 5.69 Å². The van der Waals surface area contributed by atoms with Gasteiger partial charge >= 0.3 is 0 Å². The van der Waals surface area contributed by atoms with Crippen molar-refractivity contribution < 1.29 is 19.4 Å². The number of fused-ring (bicyclic) bond motifs is 2. The lowest BCUT2D eigenvalue weighted by atomic mass is 10.0. The Bertz CT molecular complexity index is 1620. The van der Waals surface area contributed by atoms with E-state index in [4.69, 9.17) is 14.5 Å². The first-order valence-electron chi connectivity index (χ1n) is 11.4. The van der Waals surface area contributed by atoms with Gasteiger partial charge in [-0.25, -0.2) is 4.98 Å². The van der Waals surface area contributed by atoms with Crippen molar-refractivity contribution in [1.82, 2.24) is 9.55 Å². The van der Waals surface area contributed by atoms with Gasteiger partial charge in [-0.2, -0.15) is 0 Å². The van der Waals surface area contributed by atoms with E-state index in [2.05, 4.69) is 10.2 Å². The maximum Gasteiger partial charge on any atom is 0.296 e. The number of hydrogen-bond donors (Lipinski definition) is 1. The van der Waals surface area contributed by atoms with Gasteiger partial charge in [0.2, 0.25) is 5.88 Å². The highest BCUT2D eigenvalue weighted by atomic mass is 16.5. The van der Waals surface area contributed by atoms with Crippen molar-refractivity contribution in [2.75, 3.05) is 14.2 Å². The number of aryl methyl sites for hydroxylation is 1. The zero-order chi connectivity index (χ0) is 25.2. The number of carbonyl (C=O) groups is 1. The fraction of sp³-hybridized carbons (Fsp3) is 0.143. The van der Waals surface area contributed by atoms with Crippen molar-refractivity contribution in [3.8, 4) is 28.6 Å². The Hall–Kier alpha value is -4.72. The van der Waals surface area contributed by atoms with Gasteiger partial charge in [-0.05, 0) is 49.4 Å². The molecule has 2 heterocycles. The second kappa shape index (κ2) is 9.50. The molecule has 0 aliphatic heterocycles. The molecule has 2 aromatic heterocycles. The van der Waals surface area contributed by atoms with Crippen molar-refractivity contribution in [2.24, 2.45) is 10.2 Å². The molecule has 0 spiro atoms. The minimum Gasteiger partial charge on any atom is -0.497 e. The summed E-state index contributed by atoms with van der Waals surface area (Å²) in [6.45, 7) is 2.43. The fourth-order valence-electron chi connectivity index (χ4n) is 4.26. The van der Waals surface area contributed by atoms with Crippen LogP contribution >= 0.6 is 0 Å². The summed E-state index contributed by atoms with van der Waals surface area (Å²) in [7, 11) is 3.13. The summed E-state index contributed by atoms with van der Waals surface area (Å²) in [4.78, 5) is 18.2. The molecule has 0 bridgehead atoms. The van der Waals surface area contributed by atoms with Crippen LogP contribution in [0.25, 0.3) is 33.1 Å². The number of nitrogens with zero attached hydrogens (tertiary/aromatic N) is 4. The van der Waals surface area contributed by atoms with Crippen LogP contribution in [0.15, 0.2) is 83.0 Å². The van der Waals surface area contributed by atoms with Gasteiger partial charge < -0.3 is 19.1 Å². The summed E-state index contributed by atoms with van der Waals surface area (Å²) in [6.07, 6.45) is 0. The Balaban J connectivity index is 1.64. The summed E-state index contributed by atoms with van der Waals surface area (Å²) >= 11 is 0. The third kappa shape index (κ3) is 4.02. The van der Waals surface area contributed by atoms with E-state index >= 15 is 0 Å². The average molecular weight is 481 g/mol. The van der Waals surface area contributed by atoms with Crippen molar-refractivity contribution in [3.05, 3.63) is 78.4 Å². The predicted molar refractivity (Wildman–Crippen MR) is 138 cm³/mol. The lowest BCUT2D eigenvalue weighted by Crippen LogP contribution is -1.99. The van der Waals surface area contributed by atoms with E-state index in [-0.39, 0.29) is 11.6 Å². The van der Waals surface area contributed by atoms with Crippen molar-refractivity contribution >= 4 is 33.4 Å². The second-order valence-corrected chi connectivity index (χ2v) is 8.11. The molecule has 0 atom stereocenters. The lowest BCUT2D eigenvalue weighted by Gasteiger charge is -2.09. The maximum absolute atomic E-state index is 13.4. The summed E-state index contributed by atoms with van der Waals surface area (Å²) in [5.41, 5.74) is 3.45. The van der Waals surface area contributed by atoms with E-state index in [0.717, 1.165) is 11.1 Å². The molecular weight excluding hydrogens is 456 g/mol. The molecule has 36 heavy (non-hydrogen) atoms. The standard InChI is InChI=1S/C28H24N4O4/c1-4-32-25-13-11-19(36-3)15-22(25)26(28(32)34)30-31-27(33)21-16-24(17-8-6-5-7-9-17)29-23-12-10-18(35-2)14-20(21)23/h5-16,34H,4H2,1-3H3. The summed E-state index contributed by atoms with van der Waals surface area (Å²) in [5.74, 6) is 0.577. The third-order valence-electron chi connectivity index (χ3n) is 6.09. The molecule has 5 aromatic rings. The summed E-state index contributed by atoms with van der Waals surface area (Å²) in [5, 5.41) is 20.3. The Labute approximate surface area is 207 Å². The van der Waals surface area contributed by atoms with Crippen molar-refractivity contribution in [2.45, 2.75) is 13.5 Å². The molecule has 180 valence electrons. The minimum absolute atomic E-state index is 0.0662. The molecule has 0 aliphatic rings. The molecule has 8 heteroatoms. The second-order valence-electron chi connectivity index (χ2n) is 8.11. The van der Waals surface area contributed by atoms with Crippen LogP contribution in [0, 0.1) is 0 Å². The van der Waals surface area contributed by atoms with Crippen LogP contribution in [-0.4, -0.2) is 34.8 Å². The Morgan fingerprint density at radius 3 is 2.33 bits per heavy atom. The van der Waals surface area contributed by atoms with Crippen LogP contribution in [0.2, 0.25) is 0 Å². The Morgan fingerprint density at radius 1 is 0.944 bits per heavy atom. The third-order valence-corrected chi connectivity index (χ3v) is 6.09. The lowest BCUT2D eigenvalue weighted by molar-refractivity contribution is 0.0996. The van der Waals surface area contributed by atoms with Crippen LogP contribution < -0.4 is 9.47 Å². The zero-order valence-electron chi connectivity index (χ0n) is 20.1. The number of pyridine rings is 1. The van der Waals surface area contributed by atoms with E-state index in [1.165, 1.54) is 0 Å². The first-order chi connectivity index (χ1) is 17.5. The van der Waals surface area contributed by atoms with Crippen LogP contribution in [0.5, 0.6) is 17.4 Å². The summed E-state index contributed by atoms with van der Waals surface area (Å²) < 4.78 is 12.4. The van der Waals surface area contributed by atoms with E-state index in [9.17, 15) is 9.90 Å². The minimum atomic E-state index is -0.562. The van der Waals surface area contributed by atoms with Crippen molar-refractivity contribution in [1.29, 1.82) is 0 Å². The van der Waals surface area contributed by atoms with Gasteiger partial charge in [-0.3, -0.25) is 4.79 Å². The van der Waals surface area contributed by atoms with E-state index in [0.29, 0.717) is 45.6 Å². The van der Waals surface area contributed by atoms with Gasteiger partial charge in [0.25, 0.3) is 5.91 Å². The van der Waals surface area contributed by atoms with Gasteiger partial charge in [0.1, 0.15) is 11.5 Å². The molecule has 0 saturated heterocycles. The van der Waals surface area contributed by atoms with Gasteiger partial charge in [-0.1, -0.05) is 30.3 Å². The molecule has 0 radical (unpaired) electrons. The van der Waals surface area contributed by atoms with Gasteiger partial charge in [-0.15, -0.1) is 10.2 Å². The number of methoxy groups -OCH3 is 2. The average Bonchev–Trinajstić information content (AvgIpc) is 3.20. The Kier molecular flexibility index (Phi) is 6.08. The first kappa shape index (κ1) is 23.0. The molecule has 0 fully saturated rings. The number of hydrogen-bond acceptors (Lipinski definition) is 6.